The summed E-state index contributed by atoms with van der Waals surface area (Å²) in [5, 5.41) is 13.4. The first-order valence-electron chi connectivity index (χ1n) is 9.36. The number of hydrogen-bond acceptors (Lipinski definition) is 5. The third kappa shape index (κ3) is 3.55. The van der Waals surface area contributed by atoms with Crippen LogP contribution in [-0.2, 0) is 19.6 Å². The number of hydrogen-bond donors (Lipinski definition) is 0. The standard InChI is InChI=1S/C19H21BrN8O/c1-4-26-12-14(20)18(24-26)16-7-8-21-17-10-15(23-28(16)17)19(29)25(3)11-13-6-9-22-27(13)5-2/h6-10,12H,4-5,11H2,1-3H3. The lowest BCUT2D eigenvalue weighted by Crippen LogP contribution is -2.27. The molecule has 0 unspecified atom stereocenters. The summed E-state index contributed by atoms with van der Waals surface area (Å²) >= 11 is 3.56. The number of aromatic nitrogens is 7. The van der Waals surface area contributed by atoms with Crippen LogP contribution in [0, 0.1) is 0 Å². The minimum atomic E-state index is -0.177. The third-order valence-electron chi connectivity index (χ3n) is 4.71. The van der Waals surface area contributed by atoms with E-state index in [9.17, 15) is 4.79 Å². The van der Waals surface area contributed by atoms with Gasteiger partial charge in [-0.25, -0.2) is 9.50 Å². The Bertz CT molecular complexity index is 1170. The first kappa shape index (κ1) is 19.3. The molecule has 0 bridgehead atoms. The topological polar surface area (TPSA) is 86.1 Å². The van der Waals surface area contributed by atoms with E-state index in [1.54, 1.807) is 34.9 Å². The molecule has 0 aromatic carbocycles. The lowest BCUT2D eigenvalue weighted by atomic mass is 10.3. The first-order valence-corrected chi connectivity index (χ1v) is 10.1. The summed E-state index contributed by atoms with van der Waals surface area (Å²) < 4.78 is 6.23. The third-order valence-corrected chi connectivity index (χ3v) is 5.29. The minimum absolute atomic E-state index is 0.177. The summed E-state index contributed by atoms with van der Waals surface area (Å²) in [5.41, 5.74) is 3.42. The Morgan fingerprint density at radius 1 is 1.17 bits per heavy atom. The lowest BCUT2D eigenvalue weighted by Gasteiger charge is -2.16. The normalized spacial score (nSPS) is 11.3. The van der Waals surface area contributed by atoms with Crippen molar-refractivity contribution in [3.05, 3.63) is 52.7 Å². The highest BCUT2D eigenvalue weighted by atomic mass is 79.9. The van der Waals surface area contributed by atoms with Crippen molar-refractivity contribution in [1.82, 2.24) is 39.1 Å². The largest absolute Gasteiger partial charge is 0.334 e. The zero-order valence-electron chi connectivity index (χ0n) is 16.4. The van der Waals surface area contributed by atoms with Gasteiger partial charge in [0, 0.05) is 44.8 Å². The fraction of sp³-hybridized carbons (Fsp3) is 0.316. The molecule has 0 atom stereocenters. The molecular formula is C19H21BrN8O. The van der Waals surface area contributed by atoms with E-state index in [0.29, 0.717) is 17.9 Å². The Hall–Kier alpha value is -3.01. The molecule has 4 aromatic heterocycles. The molecular weight excluding hydrogens is 436 g/mol. The van der Waals surface area contributed by atoms with Gasteiger partial charge in [0.25, 0.3) is 5.91 Å². The number of aryl methyl sites for hydroxylation is 2. The SMILES string of the molecule is CCn1cc(Br)c(-c2ccnc3cc(C(=O)N(C)Cc4ccnn4CC)nn23)n1. The van der Waals surface area contributed by atoms with E-state index in [-0.39, 0.29) is 5.91 Å². The van der Waals surface area contributed by atoms with Crippen molar-refractivity contribution in [2.24, 2.45) is 0 Å². The van der Waals surface area contributed by atoms with E-state index < -0.39 is 0 Å². The van der Waals surface area contributed by atoms with Gasteiger partial charge in [0.15, 0.2) is 11.3 Å². The number of halogens is 1. The van der Waals surface area contributed by atoms with Crippen LogP contribution in [0.15, 0.2) is 41.3 Å². The van der Waals surface area contributed by atoms with Gasteiger partial charge < -0.3 is 4.90 Å². The van der Waals surface area contributed by atoms with Crippen LogP contribution in [0.3, 0.4) is 0 Å². The van der Waals surface area contributed by atoms with E-state index in [4.69, 9.17) is 0 Å². The summed E-state index contributed by atoms with van der Waals surface area (Å²) in [6, 6.07) is 5.45. The smallest absolute Gasteiger partial charge is 0.274 e. The number of fused-ring (bicyclic) bond motifs is 1. The molecule has 0 aliphatic rings. The van der Waals surface area contributed by atoms with Crippen LogP contribution in [-0.4, -0.2) is 52.0 Å². The van der Waals surface area contributed by atoms with Crippen molar-refractivity contribution >= 4 is 27.5 Å². The van der Waals surface area contributed by atoms with E-state index in [1.165, 1.54) is 0 Å². The van der Waals surface area contributed by atoms with Crippen LogP contribution in [0.4, 0.5) is 0 Å². The predicted molar refractivity (Wildman–Crippen MR) is 111 cm³/mol. The molecule has 0 aliphatic heterocycles. The van der Waals surface area contributed by atoms with Gasteiger partial charge in [-0.3, -0.25) is 14.2 Å². The van der Waals surface area contributed by atoms with Crippen molar-refractivity contribution in [2.75, 3.05) is 7.05 Å². The van der Waals surface area contributed by atoms with Crippen LogP contribution in [0.5, 0.6) is 0 Å². The molecule has 29 heavy (non-hydrogen) atoms. The number of carbonyl (C=O) groups excluding carboxylic acids is 1. The number of nitrogens with zero attached hydrogens (tertiary/aromatic N) is 8. The molecule has 0 radical (unpaired) electrons. The second kappa shape index (κ2) is 7.78. The highest BCUT2D eigenvalue weighted by molar-refractivity contribution is 9.10. The summed E-state index contributed by atoms with van der Waals surface area (Å²) in [5.74, 6) is -0.177. The fourth-order valence-corrected chi connectivity index (χ4v) is 3.72. The lowest BCUT2D eigenvalue weighted by molar-refractivity contribution is 0.0775. The van der Waals surface area contributed by atoms with Crippen LogP contribution in [0.1, 0.15) is 30.0 Å². The van der Waals surface area contributed by atoms with Crippen molar-refractivity contribution in [3.63, 3.8) is 0 Å². The van der Waals surface area contributed by atoms with Gasteiger partial charge >= 0.3 is 0 Å². The molecule has 9 nitrogen and oxygen atoms in total. The Morgan fingerprint density at radius 2 is 2.00 bits per heavy atom. The van der Waals surface area contributed by atoms with Gasteiger partial charge in [-0.05, 0) is 41.9 Å². The molecule has 10 heteroatoms. The van der Waals surface area contributed by atoms with E-state index in [0.717, 1.165) is 34.6 Å². The second-order valence-electron chi connectivity index (χ2n) is 6.61. The number of rotatable bonds is 6. The highest BCUT2D eigenvalue weighted by Gasteiger charge is 2.20. The monoisotopic (exact) mass is 456 g/mol. The van der Waals surface area contributed by atoms with Crippen molar-refractivity contribution < 1.29 is 4.79 Å². The molecule has 1 amide bonds. The van der Waals surface area contributed by atoms with E-state index in [2.05, 4.69) is 36.2 Å². The molecule has 4 aromatic rings. The number of amides is 1. The Balaban J connectivity index is 1.67. The zero-order chi connectivity index (χ0) is 20.5. The van der Waals surface area contributed by atoms with E-state index in [1.807, 2.05) is 41.5 Å². The molecule has 150 valence electrons. The molecule has 0 aliphatic carbocycles. The molecule has 0 spiro atoms. The molecule has 4 rings (SSSR count). The van der Waals surface area contributed by atoms with Gasteiger partial charge in [-0.2, -0.15) is 15.3 Å². The zero-order valence-corrected chi connectivity index (χ0v) is 18.0. The van der Waals surface area contributed by atoms with Crippen LogP contribution in [0.2, 0.25) is 0 Å². The van der Waals surface area contributed by atoms with Crippen LogP contribution in [0.25, 0.3) is 17.0 Å². The maximum atomic E-state index is 13.0. The van der Waals surface area contributed by atoms with Crippen molar-refractivity contribution in [3.8, 4) is 11.4 Å². The quantitative estimate of drug-likeness (QED) is 0.445. The highest BCUT2D eigenvalue weighted by Crippen LogP contribution is 2.27. The minimum Gasteiger partial charge on any atom is -0.334 e. The molecule has 0 N–H and O–H groups in total. The van der Waals surface area contributed by atoms with Gasteiger partial charge in [0.2, 0.25) is 0 Å². The summed E-state index contributed by atoms with van der Waals surface area (Å²) in [4.78, 5) is 19.0. The Morgan fingerprint density at radius 3 is 2.72 bits per heavy atom. The van der Waals surface area contributed by atoms with Gasteiger partial charge in [0.05, 0.1) is 22.4 Å². The van der Waals surface area contributed by atoms with E-state index >= 15 is 0 Å². The fourth-order valence-electron chi connectivity index (χ4n) is 3.20. The molecule has 0 saturated carbocycles. The summed E-state index contributed by atoms with van der Waals surface area (Å²) in [6.07, 6.45) is 5.36. The summed E-state index contributed by atoms with van der Waals surface area (Å²) in [7, 11) is 1.76. The van der Waals surface area contributed by atoms with Crippen molar-refractivity contribution in [1.29, 1.82) is 0 Å². The summed E-state index contributed by atoms with van der Waals surface area (Å²) in [6.45, 7) is 6.01. The molecule has 0 saturated heterocycles. The first-order chi connectivity index (χ1) is 14.0. The van der Waals surface area contributed by atoms with Crippen LogP contribution >= 0.6 is 15.9 Å². The van der Waals surface area contributed by atoms with Crippen LogP contribution < -0.4 is 0 Å². The Kier molecular flexibility index (Phi) is 5.18. The average molecular weight is 457 g/mol. The molecule has 4 heterocycles. The van der Waals surface area contributed by atoms with Gasteiger partial charge in [-0.15, -0.1) is 0 Å². The van der Waals surface area contributed by atoms with Gasteiger partial charge in [-0.1, -0.05) is 0 Å². The maximum absolute atomic E-state index is 13.0. The maximum Gasteiger partial charge on any atom is 0.274 e. The average Bonchev–Trinajstić information content (AvgIpc) is 3.44. The second-order valence-corrected chi connectivity index (χ2v) is 7.46. The molecule has 0 fully saturated rings. The number of carbonyl (C=O) groups is 1. The predicted octanol–water partition coefficient (Wildman–Crippen LogP) is 2.86. The Labute approximate surface area is 176 Å². The van der Waals surface area contributed by atoms with Gasteiger partial charge in [0.1, 0.15) is 5.69 Å². The van der Waals surface area contributed by atoms with Crippen molar-refractivity contribution in [2.45, 2.75) is 33.5 Å².